The van der Waals surface area contributed by atoms with Crippen molar-refractivity contribution in [3.63, 3.8) is 0 Å². The second-order valence-electron chi connectivity index (χ2n) is 4.74. The largest absolute Gasteiger partial charge is 0.453 e. The van der Waals surface area contributed by atoms with Gasteiger partial charge in [-0.05, 0) is 18.5 Å². The lowest BCUT2D eigenvalue weighted by Gasteiger charge is -2.33. The number of nitrogens with zero attached hydrogens (tertiary/aromatic N) is 4. The number of piperazine rings is 1. The molecular weight excluding hydrogens is 294 g/mol. The summed E-state index contributed by atoms with van der Waals surface area (Å²) in [4.78, 5) is 27.7. The third-order valence-corrected chi connectivity index (χ3v) is 4.20. The van der Waals surface area contributed by atoms with Crippen molar-refractivity contribution in [1.29, 1.82) is 0 Å². The van der Waals surface area contributed by atoms with Crippen LogP contribution in [0.5, 0.6) is 0 Å². The molecule has 1 aromatic rings. The van der Waals surface area contributed by atoms with Gasteiger partial charge in [-0.1, -0.05) is 4.49 Å². The van der Waals surface area contributed by atoms with Gasteiger partial charge in [0.2, 0.25) is 0 Å². The van der Waals surface area contributed by atoms with Crippen LogP contribution in [0.3, 0.4) is 0 Å². The number of hydrogen-bond acceptors (Lipinski definition) is 7. The molecule has 1 aliphatic rings. The molecule has 1 aliphatic heterocycles. The number of rotatable bonds is 4. The van der Waals surface area contributed by atoms with Crippen LogP contribution in [0.15, 0.2) is 0 Å². The van der Waals surface area contributed by atoms with E-state index >= 15 is 0 Å². The molecule has 0 aliphatic carbocycles. The van der Waals surface area contributed by atoms with Crippen molar-refractivity contribution in [2.45, 2.75) is 6.92 Å². The number of nitrogens with one attached hydrogen (secondary N) is 1. The molecule has 116 valence electrons. The lowest BCUT2D eigenvalue weighted by atomic mass is 10.3. The average Bonchev–Trinajstić information content (AvgIpc) is 2.93. The SMILES string of the molecule is COC(=O)N1CCN(CCNC(=O)c2snnc2C)CC1. The quantitative estimate of drug-likeness (QED) is 0.839. The Morgan fingerprint density at radius 2 is 2.05 bits per heavy atom. The van der Waals surface area contributed by atoms with Gasteiger partial charge in [0.15, 0.2) is 0 Å². The molecule has 1 N–H and O–H groups in total. The maximum Gasteiger partial charge on any atom is 0.409 e. The van der Waals surface area contributed by atoms with Gasteiger partial charge in [0, 0.05) is 39.3 Å². The molecule has 0 saturated carbocycles. The number of hydrogen-bond donors (Lipinski definition) is 1. The Bertz CT molecular complexity index is 499. The van der Waals surface area contributed by atoms with Crippen molar-refractivity contribution < 1.29 is 14.3 Å². The van der Waals surface area contributed by atoms with Gasteiger partial charge in [0.05, 0.1) is 12.8 Å². The summed E-state index contributed by atoms with van der Waals surface area (Å²) < 4.78 is 8.44. The van der Waals surface area contributed by atoms with Crippen molar-refractivity contribution in [2.24, 2.45) is 0 Å². The minimum absolute atomic E-state index is 0.129. The minimum Gasteiger partial charge on any atom is -0.453 e. The van der Waals surface area contributed by atoms with E-state index < -0.39 is 0 Å². The van der Waals surface area contributed by atoms with Gasteiger partial charge in [-0.3, -0.25) is 9.69 Å². The first kappa shape index (κ1) is 15.6. The molecule has 0 bridgehead atoms. The highest BCUT2D eigenvalue weighted by Gasteiger charge is 2.21. The maximum atomic E-state index is 11.9. The lowest BCUT2D eigenvalue weighted by Crippen LogP contribution is -2.50. The van der Waals surface area contributed by atoms with Crippen molar-refractivity contribution in [1.82, 2.24) is 24.7 Å². The maximum absolute atomic E-state index is 11.9. The van der Waals surface area contributed by atoms with Gasteiger partial charge in [-0.15, -0.1) is 5.10 Å². The first-order valence-corrected chi connectivity index (χ1v) is 7.51. The molecule has 2 amide bonds. The first-order valence-electron chi connectivity index (χ1n) is 6.74. The Balaban J connectivity index is 1.67. The number of carbonyl (C=O) groups excluding carboxylic acids is 2. The zero-order chi connectivity index (χ0) is 15.2. The van der Waals surface area contributed by atoms with Crippen LogP contribution in [0.2, 0.25) is 0 Å². The molecule has 9 heteroatoms. The first-order chi connectivity index (χ1) is 10.1. The second kappa shape index (κ2) is 7.32. The molecule has 8 nitrogen and oxygen atoms in total. The highest BCUT2D eigenvalue weighted by atomic mass is 32.1. The van der Waals surface area contributed by atoms with E-state index in [1.165, 1.54) is 7.11 Å². The van der Waals surface area contributed by atoms with Gasteiger partial charge in [-0.2, -0.15) is 0 Å². The zero-order valence-corrected chi connectivity index (χ0v) is 13.0. The van der Waals surface area contributed by atoms with Crippen molar-refractivity contribution in [3.8, 4) is 0 Å². The van der Waals surface area contributed by atoms with E-state index in [-0.39, 0.29) is 12.0 Å². The zero-order valence-electron chi connectivity index (χ0n) is 12.2. The van der Waals surface area contributed by atoms with E-state index in [0.717, 1.165) is 31.2 Å². The van der Waals surface area contributed by atoms with Crippen LogP contribution in [-0.4, -0.2) is 77.8 Å². The third kappa shape index (κ3) is 4.11. The third-order valence-electron chi connectivity index (χ3n) is 3.38. The van der Waals surface area contributed by atoms with Gasteiger partial charge >= 0.3 is 6.09 Å². The summed E-state index contributed by atoms with van der Waals surface area (Å²) in [6.07, 6.45) is -0.281. The Labute approximate surface area is 127 Å². The molecule has 0 radical (unpaired) electrons. The monoisotopic (exact) mass is 313 g/mol. The summed E-state index contributed by atoms with van der Waals surface area (Å²) in [5.74, 6) is -0.129. The minimum atomic E-state index is -0.281. The number of carbonyl (C=O) groups is 2. The van der Waals surface area contributed by atoms with E-state index in [9.17, 15) is 9.59 Å². The predicted molar refractivity (Wildman–Crippen MR) is 77.4 cm³/mol. The summed E-state index contributed by atoms with van der Waals surface area (Å²) in [5.41, 5.74) is 0.657. The number of aryl methyl sites for hydroxylation is 1. The molecule has 2 heterocycles. The smallest absolute Gasteiger partial charge is 0.409 e. The van der Waals surface area contributed by atoms with Crippen molar-refractivity contribution >= 4 is 23.5 Å². The van der Waals surface area contributed by atoms with Crippen LogP contribution in [0.1, 0.15) is 15.4 Å². The molecule has 0 aromatic carbocycles. The molecule has 2 rings (SSSR count). The summed E-state index contributed by atoms with van der Waals surface area (Å²) in [6.45, 7) is 5.96. The number of amides is 2. The van der Waals surface area contributed by atoms with Crippen molar-refractivity contribution in [2.75, 3.05) is 46.4 Å². The van der Waals surface area contributed by atoms with Gasteiger partial charge < -0.3 is 15.0 Å². The Morgan fingerprint density at radius 3 is 2.62 bits per heavy atom. The average molecular weight is 313 g/mol. The Hall–Kier alpha value is -1.74. The van der Waals surface area contributed by atoms with Crippen LogP contribution in [0, 0.1) is 6.92 Å². The fourth-order valence-corrected chi connectivity index (χ4v) is 2.70. The van der Waals surface area contributed by atoms with Gasteiger partial charge in [-0.25, -0.2) is 4.79 Å². The van der Waals surface area contributed by atoms with E-state index in [0.29, 0.717) is 30.2 Å². The molecule has 21 heavy (non-hydrogen) atoms. The van der Waals surface area contributed by atoms with Crippen LogP contribution in [0.4, 0.5) is 4.79 Å². The van der Waals surface area contributed by atoms with E-state index in [2.05, 4.69) is 19.8 Å². The summed E-state index contributed by atoms with van der Waals surface area (Å²) >= 11 is 1.10. The second-order valence-corrected chi connectivity index (χ2v) is 5.50. The standard InChI is InChI=1S/C12H19N5O3S/c1-9-10(21-15-14-9)11(18)13-3-4-16-5-7-17(8-6-16)12(19)20-2/h3-8H2,1-2H3,(H,13,18). The number of ether oxygens (including phenoxy) is 1. The fourth-order valence-electron chi connectivity index (χ4n) is 2.13. The van der Waals surface area contributed by atoms with Crippen LogP contribution >= 0.6 is 11.5 Å². The predicted octanol–water partition coefficient (Wildman–Crippen LogP) is -0.0397. The van der Waals surface area contributed by atoms with Gasteiger partial charge in [0.25, 0.3) is 5.91 Å². The number of methoxy groups -OCH3 is 1. The van der Waals surface area contributed by atoms with E-state index in [4.69, 9.17) is 4.74 Å². The lowest BCUT2D eigenvalue weighted by molar-refractivity contribution is 0.0886. The Morgan fingerprint density at radius 1 is 1.33 bits per heavy atom. The summed E-state index contributed by atoms with van der Waals surface area (Å²) in [7, 11) is 1.39. The molecule has 0 unspecified atom stereocenters. The highest BCUT2D eigenvalue weighted by molar-refractivity contribution is 7.07. The van der Waals surface area contributed by atoms with E-state index in [1.54, 1.807) is 11.8 Å². The molecule has 0 atom stereocenters. The molecule has 1 saturated heterocycles. The molecule has 0 spiro atoms. The fraction of sp³-hybridized carbons (Fsp3) is 0.667. The van der Waals surface area contributed by atoms with Crippen LogP contribution in [-0.2, 0) is 4.74 Å². The summed E-state index contributed by atoms with van der Waals surface area (Å²) in [5, 5.41) is 6.68. The van der Waals surface area contributed by atoms with Crippen molar-refractivity contribution in [3.05, 3.63) is 10.6 Å². The normalized spacial score (nSPS) is 15.8. The molecule has 1 fully saturated rings. The molecular formula is C12H19N5O3S. The molecule has 1 aromatic heterocycles. The number of aromatic nitrogens is 2. The van der Waals surface area contributed by atoms with Crippen LogP contribution < -0.4 is 5.32 Å². The Kier molecular flexibility index (Phi) is 5.45. The van der Waals surface area contributed by atoms with Crippen LogP contribution in [0.25, 0.3) is 0 Å². The topological polar surface area (TPSA) is 87.7 Å². The highest BCUT2D eigenvalue weighted by Crippen LogP contribution is 2.08. The van der Waals surface area contributed by atoms with Gasteiger partial charge in [0.1, 0.15) is 4.88 Å². The summed E-state index contributed by atoms with van der Waals surface area (Å²) in [6, 6.07) is 0. The van der Waals surface area contributed by atoms with E-state index in [1.807, 2.05) is 0 Å².